The van der Waals surface area contributed by atoms with Crippen molar-refractivity contribution in [2.24, 2.45) is 5.10 Å². The molecule has 1 N–H and O–H groups in total. The van der Waals surface area contributed by atoms with Gasteiger partial charge in [0.1, 0.15) is 5.76 Å². The van der Waals surface area contributed by atoms with E-state index < -0.39 is 10.0 Å². The number of hydrogen-bond donors (Lipinski definition) is 1. The fourth-order valence-electron chi connectivity index (χ4n) is 1.97. The first-order valence-electron chi connectivity index (χ1n) is 6.44. The van der Waals surface area contributed by atoms with Gasteiger partial charge >= 0.3 is 0 Å². The minimum atomic E-state index is -3.73. The Hall–Kier alpha value is -1.39. The molecule has 0 saturated carbocycles. The molecule has 0 aliphatic heterocycles. The highest BCUT2D eigenvalue weighted by Crippen LogP contribution is 2.22. The van der Waals surface area contributed by atoms with Crippen LogP contribution in [-0.2, 0) is 10.0 Å². The van der Waals surface area contributed by atoms with Crippen molar-refractivity contribution in [2.45, 2.75) is 4.90 Å². The van der Waals surface area contributed by atoms with E-state index in [-0.39, 0.29) is 4.90 Å². The molecule has 1 aromatic heterocycles. The molecule has 3 aromatic rings. The number of hydrogen-bond acceptors (Lipinski definition) is 4. The van der Waals surface area contributed by atoms with E-state index in [0.29, 0.717) is 9.53 Å². The number of furan rings is 1. The molecular formula is C15H10BrIN2O3S. The van der Waals surface area contributed by atoms with Crippen LogP contribution in [0.3, 0.4) is 0 Å². The maximum Gasteiger partial charge on any atom is 0.276 e. The molecule has 0 fully saturated rings. The van der Waals surface area contributed by atoms with Gasteiger partial charge in [0.05, 0.1) is 15.6 Å². The minimum absolute atomic E-state index is 0.156. The predicted molar refractivity (Wildman–Crippen MR) is 101 cm³/mol. The molecule has 2 aromatic carbocycles. The molecule has 1 heterocycles. The third kappa shape index (κ3) is 3.75. The fraction of sp³-hybridized carbons (Fsp3) is 0. The maximum atomic E-state index is 12.3. The molecule has 0 aliphatic rings. The molecule has 0 atom stereocenters. The number of nitrogens with zero attached hydrogens (tertiary/aromatic N) is 1. The van der Waals surface area contributed by atoms with Gasteiger partial charge in [0.15, 0.2) is 3.77 Å². The van der Waals surface area contributed by atoms with E-state index in [1.807, 2.05) is 46.9 Å². The zero-order chi connectivity index (χ0) is 16.4. The maximum absolute atomic E-state index is 12.3. The van der Waals surface area contributed by atoms with Crippen LogP contribution < -0.4 is 4.83 Å². The molecule has 118 valence electrons. The van der Waals surface area contributed by atoms with Crippen LogP contribution in [0.5, 0.6) is 0 Å². The Balaban J connectivity index is 1.82. The van der Waals surface area contributed by atoms with Crippen molar-refractivity contribution in [3.05, 3.63) is 62.5 Å². The molecule has 0 saturated heterocycles. The molecule has 0 amide bonds. The third-order valence-electron chi connectivity index (χ3n) is 3.06. The standard InChI is InChI=1S/C15H10BrIN2O3S/c16-14-8-12(22-15(14)17)9-18-19-23(20,21)13-6-5-10-3-1-2-4-11(10)7-13/h1-9,19H/b18-9+. The van der Waals surface area contributed by atoms with Crippen LogP contribution in [0, 0.1) is 3.77 Å². The normalized spacial score (nSPS) is 12.1. The van der Waals surface area contributed by atoms with Crippen molar-refractivity contribution in [3.8, 4) is 0 Å². The summed E-state index contributed by atoms with van der Waals surface area (Å²) in [6, 6.07) is 14.2. The van der Waals surface area contributed by atoms with Crippen molar-refractivity contribution in [1.82, 2.24) is 4.83 Å². The highest BCUT2D eigenvalue weighted by Gasteiger charge is 2.13. The van der Waals surface area contributed by atoms with Gasteiger partial charge in [0.25, 0.3) is 10.0 Å². The van der Waals surface area contributed by atoms with Crippen LogP contribution >= 0.6 is 38.5 Å². The number of benzene rings is 2. The molecule has 0 bridgehead atoms. The summed E-state index contributed by atoms with van der Waals surface area (Å²) in [7, 11) is -3.73. The summed E-state index contributed by atoms with van der Waals surface area (Å²) in [6.45, 7) is 0. The second kappa shape index (κ2) is 6.62. The molecule has 8 heteroatoms. The van der Waals surface area contributed by atoms with Gasteiger partial charge in [-0.15, -0.1) is 0 Å². The van der Waals surface area contributed by atoms with E-state index in [4.69, 9.17) is 4.42 Å². The average molecular weight is 505 g/mol. The first-order chi connectivity index (χ1) is 11.0. The van der Waals surface area contributed by atoms with Gasteiger partial charge < -0.3 is 4.42 Å². The lowest BCUT2D eigenvalue weighted by molar-refractivity contribution is 0.529. The average Bonchev–Trinajstić information content (AvgIpc) is 2.85. The quantitative estimate of drug-likeness (QED) is 0.330. The van der Waals surface area contributed by atoms with Crippen LogP contribution in [0.1, 0.15) is 5.76 Å². The largest absolute Gasteiger partial charge is 0.448 e. The van der Waals surface area contributed by atoms with Gasteiger partial charge in [-0.1, -0.05) is 30.3 Å². The molecule has 5 nitrogen and oxygen atoms in total. The summed E-state index contributed by atoms with van der Waals surface area (Å²) in [6.07, 6.45) is 1.31. The summed E-state index contributed by atoms with van der Waals surface area (Å²) >= 11 is 5.32. The molecule has 3 rings (SSSR count). The first-order valence-corrected chi connectivity index (χ1v) is 9.80. The molecule has 0 spiro atoms. The van der Waals surface area contributed by atoms with Crippen molar-refractivity contribution < 1.29 is 12.8 Å². The topological polar surface area (TPSA) is 71.7 Å². The van der Waals surface area contributed by atoms with Crippen LogP contribution in [0.2, 0.25) is 0 Å². The number of hydrazone groups is 1. The SMILES string of the molecule is O=S(=O)(N/N=C/c1cc(Br)c(I)o1)c1ccc2ccccc2c1. The molecule has 0 unspecified atom stereocenters. The summed E-state index contributed by atoms with van der Waals surface area (Å²) in [5.74, 6) is 0.447. The van der Waals surface area contributed by atoms with Crippen LogP contribution in [0.15, 0.2) is 67.4 Å². The fourth-order valence-corrected chi connectivity index (χ4v) is 3.52. The van der Waals surface area contributed by atoms with Crippen molar-refractivity contribution in [3.63, 3.8) is 0 Å². The Labute approximate surface area is 155 Å². The lowest BCUT2D eigenvalue weighted by Gasteiger charge is -2.04. The van der Waals surface area contributed by atoms with Crippen LogP contribution in [0.4, 0.5) is 0 Å². The van der Waals surface area contributed by atoms with E-state index >= 15 is 0 Å². The lowest BCUT2D eigenvalue weighted by Crippen LogP contribution is -2.18. The minimum Gasteiger partial charge on any atom is -0.448 e. The summed E-state index contributed by atoms with van der Waals surface area (Å²) < 4.78 is 31.3. The highest BCUT2D eigenvalue weighted by molar-refractivity contribution is 14.1. The highest BCUT2D eigenvalue weighted by atomic mass is 127. The Morgan fingerprint density at radius 3 is 2.57 bits per heavy atom. The third-order valence-corrected chi connectivity index (χ3v) is 6.41. The summed E-state index contributed by atoms with van der Waals surface area (Å²) in [5.41, 5.74) is 0. The second-order valence-electron chi connectivity index (χ2n) is 4.63. The smallest absolute Gasteiger partial charge is 0.276 e. The van der Waals surface area contributed by atoms with E-state index in [0.717, 1.165) is 15.2 Å². The monoisotopic (exact) mass is 504 g/mol. The Kier molecular flexibility index (Phi) is 4.74. The number of fused-ring (bicyclic) bond motifs is 1. The molecule has 23 heavy (non-hydrogen) atoms. The number of rotatable bonds is 4. The number of sulfonamides is 1. The predicted octanol–water partition coefficient (Wildman–Crippen LogP) is 4.11. The van der Waals surface area contributed by atoms with E-state index in [2.05, 4.69) is 25.9 Å². The molecule has 0 aliphatic carbocycles. The Morgan fingerprint density at radius 2 is 1.87 bits per heavy atom. The van der Waals surface area contributed by atoms with E-state index in [1.165, 1.54) is 6.21 Å². The van der Waals surface area contributed by atoms with Crippen molar-refractivity contribution in [1.29, 1.82) is 0 Å². The Bertz CT molecular complexity index is 979. The lowest BCUT2D eigenvalue weighted by atomic mass is 10.1. The van der Waals surface area contributed by atoms with Crippen molar-refractivity contribution in [2.75, 3.05) is 0 Å². The van der Waals surface area contributed by atoms with Gasteiger partial charge in [-0.2, -0.15) is 18.4 Å². The van der Waals surface area contributed by atoms with Crippen LogP contribution in [-0.4, -0.2) is 14.6 Å². The zero-order valence-corrected chi connectivity index (χ0v) is 16.1. The van der Waals surface area contributed by atoms with Gasteiger partial charge in [0.2, 0.25) is 0 Å². The number of halogens is 2. The van der Waals surface area contributed by atoms with Gasteiger partial charge in [-0.25, -0.2) is 0 Å². The summed E-state index contributed by atoms with van der Waals surface area (Å²) in [5, 5.41) is 5.57. The summed E-state index contributed by atoms with van der Waals surface area (Å²) in [4.78, 5) is 2.34. The van der Waals surface area contributed by atoms with E-state index in [1.54, 1.807) is 24.3 Å². The number of nitrogens with one attached hydrogen (secondary N) is 1. The van der Waals surface area contributed by atoms with Gasteiger partial charge in [-0.05, 0) is 38.8 Å². The second-order valence-corrected chi connectivity index (χ2v) is 8.13. The van der Waals surface area contributed by atoms with Crippen molar-refractivity contribution >= 4 is 65.5 Å². The Morgan fingerprint density at radius 1 is 1.13 bits per heavy atom. The van der Waals surface area contributed by atoms with Crippen LogP contribution in [0.25, 0.3) is 10.8 Å². The van der Waals surface area contributed by atoms with E-state index in [9.17, 15) is 8.42 Å². The van der Waals surface area contributed by atoms with Gasteiger partial charge in [-0.3, -0.25) is 0 Å². The molecular weight excluding hydrogens is 495 g/mol. The zero-order valence-electron chi connectivity index (χ0n) is 11.5. The molecule has 0 radical (unpaired) electrons. The van der Waals surface area contributed by atoms with Gasteiger partial charge in [0, 0.05) is 28.7 Å². The first kappa shape index (κ1) is 16.5.